The van der Waals surface area contributed by atoms with Crippen LogP contribution in [-0.4, -0.2) is 42.1 Å². The van der Waals surface area contributed by atoms with Crippen LogP contribution in [-0.2, 0) is 9.53 Å². The topological polar surface area (TPSA) is 99.1 Å². The third kappa shape index (κ3) is 7.63. The van der Waals surface area contributed by atoms with Crippen molar-refractivity contribution in [2.75, 3.05) is 13.2 Å². The quantitative estimate of drug-likeness (QED) is 0.110. The monoisotopic (exact) mass is 524 g/mol. The molecule has 0 saturated heterocycles. The average Bonchev–Trinajstić information content (AvgIpc) is 3.00. The summed E-state index contributed by atoms with van der Waals surface area (Å²) in [6.07, 6.45) is -0.458. The molecule has 0 heterocycles. The fourth-order valence-corrected chi connectivity index (χ4v) is 3.70. The number of benzene rings is 4. The Morgan fingerprint density at radius 2 is 0.974 bits per heavy atom. The molecule has 0 fully saturated rings. The van der Waals surface area contributed by atoms with Gasteiger partial charge in [0, 0.05) is 28.9 Å². The SMILES string of the molecule is O=C(c1ccccc1)c1ccc(OC(Oc2ccc(C(=O)c3ccccc3)cc2)C(=O)OCCCCO)cc1. The lowest BCUT2D eigenvalue weighted by Crippen LogP contribution is -2.35. The van der Waals surface area contributed by atoms with Gasteiger partial charge in [0.1, 0.15) is 11.5 Å². The van der Waals surface area contributed by atoms with Crippen LogP contribution in [0.25, 0.3) is 0 Å². The molecular formula is C32H28O7. The highest BCUT2D eigenvalue weighted by molar-refractivity contribution is 6.09. The first-order valence-corrected chi connectivity index (χ1v) is 12.6. The van der Waals surface area contributed by atoms with Crippen molar-refractivity contribution in [2.24, 2.45) is 0 Å². The second kappa shape index (κ2) is 13.7. The van der Waals surface area contributed by atoms with E-state index in [1.807, 2.05) is 12.1 Å². The number of ketones is 2. The van der Waals surface area contributed by atoms with Crippen LogP contribution in [0.4, 0.5) is 0 Å². The second-order valence-electron chi connectivity index (χ2n) is 8.60. The molecule has 7 nitrogen and oxygen atoms in total. The van der Waals surface area contributed by atoms with E-state index in [9.17, 15) is 14.4 Å². The Hall–Kier alpha value is -4.75. The number of hydrogen-bond donors (Lipinski definition) is 1. The van der Waals surface area contributed by atoms with Gasteiger partial charge in [0.25, 0.3) is 0 Å². The van der Waals surface area contributed by atoms with Gasteiger partial charge in [-0.05, 0) is 61.4 Å². The first kappa shape index (κ1) is 27.3. The molecule has 0 aromatic heterocycles. The summed E-state index contributed by atoms with van der Waals surface area (Å²) in [6.45, 7) is 0.0910. The number of aliphatic hydroxyl groups is 1. The molecule has 39 heavy (non-hydrogen) atoms. The Balaban J connectivity index is 1.46. The Bertz CT molecular complexity index is 1270. The summed E-state index contributed by atoms with van der Waals surface area (Å²) < 4.78 is 16.9. The predicted octanol–water partition coefficient (Wildman–Crippen LogP) is 5.25. The van der Waals surface area contributed by atoms with E-state index < -0.39 is 12.3 Å². The van der Waals surface area contributed by atoms with Gasteiger partial charge in [-0.2, -0.15) is 0 Å². The molecule has 198 valence electrons. The molecule has 4 aromatic carbocycles. The van der Waals surface area contributed by atoms with Crippen molar-refractivity contribution in [3.05, 3.63) is 131 Å². The smallest absolute Gasteiger partial charge is 0.389 e. The Labute approximate surface area is 226 Å². The Morgan fingerprint density at radius 3 is 1.38 bits per heavy atom. The Kier molecular flexibility index (Phi) is 9.58. The molecule has 0 aliphatic carbocycles. The standard InChI is InChI=1S/C32H28O7/c33-21-7-8-22-37-31(36)32(38-27-17-13-25(14-18-27)29(34)23-9-3-1-4-10-23)39-28-19-15-26(16-20-28)30(35)24-11-5-2-6-12-24/h1-6,9-20,32-33H,7-8,21-22H2. The van der Waals surface area contributed by atoms with Gasteiger partial charge in [-0.25, -0.2) is 4.79 Å². The van der Waals surface area contributed by atoms with E-state index in [1.165, 1.54) is 0 Å². The molecule has 0 radical (unpaired) electrons. The summed E-state index contributed by atoms with van der Waals surface area (Å²) in [5.41, 5.74) is 2.06. The number of unbranched alkanes of at least 4 members (excludes halogenated alkanes) is 1. The van der Waals surface area contributed by atoms with Crippen molar-refractivity contribution in [3.63, 3.8) is 0 Å². The van der Waals surface area contributed by atoms with Crippen molar-refractivity contribution in [1.29, 1.82) is 0 Å². The predicted molar refractivity (Wildman–Crippen MR) is 145 cm³/mol. The molecule has 1 N–H and O–H groups in total. The van der Waals surface area contributed by atoms with Gasteiger partial charge in [-0.15, -0.1) is 0 Å². The van der Waals surface area contributed by atoms with Gasteiger partial charge in [0.2, 0.25) is 0 Å². The van der Waals surface area contributed by atoms with Crippen LogP contribution in [0.5, 0.6) is 11.5 Å². The molecule has 0 amide bonds. The van der Waals surface area contributed by atoms with Crippen LogP contribution in [0.15, 0.2) is 109 Å². The van der Waals surface area contributed by atoms with Crippen LogP contribution < -0.4 is 9.47 Å². The highest BCUT2D eigenvalue weighted by atomic mass is 16.7. The van der Waals surface area contributed by atoms with Crippen molar-refractivity contribution >= 4 is 17.5 Å². The van der Waals surface area contributed by atoms with Crippen molar-refractivity contribution < 1.29 is 33.7 Å². The molecule has 0 aliphatic heterocycles. The third-order valence-electron chi connectivity index (χ3n) is 5.78. The van der Waals surface area contributed by atoms with Crippen LogP contribution in [0.1, 0.15) is 44.7 Å². The minimum Gasteiger partial charge on any atom is -0.460 e. The zero-order valence-corrected chi connectivity index (χ0v) is 21.2. The summed E-state index contributed by atoms with van der Waals surface area (Å²) in [5, 5.41) is 8.96. The zero-order valence-electron chi connectivity index (χ0n) is 21.2. The normalized spacial score (nSPS) is 10.6. The molecule has 4 aromatic rings. The number of esters is 1. The maximum absolute atomic E-state index is 12.8. The number of carbonyl (C=O) groups is 3. The molecule has 0 spiro atoms. The van der Waals surface area contributed by atoms with Crippen LogP contribution in [0, 0.1) is 0 Å². The molecular weight excluding hydrogens is 496 g/mol. The highest BCUT2D eigenvalue weighted by Crippen LogP contribution is 2.21. The minimum atomic E-state index is -1.44. The fourth-order valence-electron chi connectivity index (χ4n) is 3.70. The third-order valence-corrected chi connectivity index (χ3v) is 5.78. The number of ether oxygens (including phenoxy) is 3. The van der Waals surface area contributed by atoms with Crippen molar-refractivity contribution in [2.45, 2.75) is 19.1 Å². The van der Waals surface area contributed by atoms with Gasteiger partial charge in [0.15, 0.2) is 11.6 Å². The number of hydrogen-bond acceptors (Lipinski definition) is 7. The average molecular weight is 525 g/mol. The number of rotatable bonds is 13. The Morgan fingerprint density at radius 1 is 0.564 bits per heavy atom. The van der Waals surface area contributed by atoms with E-state index in [4.69, 9.17) is 19.3 Å². The first-order chi connectivity index (χ1) is 19.0. The molecule has 4 rings (SSSR count). The van der Waals surface area contributed by atoms with Crippen LogP contribution in [0.2, 0.25) is 0 Å². The van der Waals surface area contributed by atoms with Crippen LogP contribution in [0.3, 0.4) is 0 Å². The number of carbonyl (C=O) groups excluding carboxylic acids is 3. The van der Waals surface area contributed by atoms with Gasteiger partial charge >= 0.3 is 12.3 Å². The first-order valence-electron chi connectivity index (χ1n) is 12.6. The van der Waals surface area contributed by atoms with E-state index in [1.54, 1.807) is 97.1 Å². The molecule has 0 atom stereocenters. The molecule has 0 saturated carbocycles. The summed E-state index contributed by atoms with van der Waals surface area (Å²) in [7, 11) is 0. The van der Waals surface area contributed by atoms with E-state index in [2.05, 4.69) is 0 Å². The minimum absolute atomic E-state index is 0.00389. The van der Waals surface area contributed by atoms with Gasteiger partial charge < -0.3 is 19.3 Å². The maximum atomic E-state index is 12.8. The molecule has 7 heteroatoms. The lowest BCUT2D eigenvalue weighted by molar-refractivity contribution is -0.165. The zero-order chi connectivity index (χ0) is 27.5. The van der Waals surface area contributed by atoms with E-state index in [-0.39, 0.29) is 24.8 Å². The van der Waals surface area contributed by atoms with Crippen LogP contribution >= 0.6 is 0 Å². The highest BCUT2D eigenvalue weighted by Gasteiger charge is 2.25. The lowest BCUT2D eigenvalue weighted by atomic mass is 10.0. The lowest BCUT2D eigenvalue weighted by Gasteiger charge is -2.19. The maximum Gasteiger partial charge on any atom is 0.389 e. The summed E-state index contributed by atoms with van der Waals surface area (Å²) >= 11 is 0. The fraction of sp³-hybridized carbons (Fsp3) is 0.156. The van der Waals surface area contributed by atoms with Gasteiger partial charge in [-0.1, -0.05) is 60.7 Å². The van der Waals surface area contributed by atoms with Crippen molar-refractivity contribution in [1.82, 2.24) is 0 Å². The van der Waals surface area contributed by atoms with Crippen molar-refractivity contribution in [3.8, 4) is 11.5 Å². The van der Waals surface area contributed by atoms with E-state index >= 15 is 0 Å². The summed E-state index contributed by atoms with van der Waals surface area (Å²) in [5.74, 6) is -0.422. The van der Waals surface area contributed by atoms with E-state index in [0.29, 0.717) is 46.6 Å². The second-order valence-corrected chi connectivity index (χ2v) is 8.60. The largest absolute Gasteiger partial charge is 0.460 e. The summed E-state index contributed by atoms with van der Waals surface area (Å²) in [6, 6.07) is 30.6. The molecule has 0 unspecified atom stereocenters. The number of aliphatic hydroxyl groups excluding tert-OH is 1. The van der Waals surface area contributed by atoms with Gasteiger partial charge in [-0.3, -0.25) is 9.59 Å². The van der Waals surface area contributed by atoms with E-state index in [0.717, 1.165) is 0 Å². The summed E-state index contributed by atoms with van der Waals surface area (Å²) in [4.78, 5) is 38.2. The van der Waals surface area contributed by atoms with Gasteiger partial charge in [0.05, 0.1) is 6.61 Å². The molecule has 0 aliphatic rings. The molecule has 0 bridgehead atoms.